The first-order chi connectivity index (χ1) is 10.1. The first-order valence-corrected chi connectivity index (χ1v) is 9.11. The number of carbonyl (C=O) groups is 1. The molecule has 3 heteroatoms. The quantitative estimate of drug-likeness (QED) is 0.815. The van der Waals surface area contributed by atoms with Gasteiger partial charge in [0.15, 0.2) is 0 Å². The fraction of sp³-hybridized carbons (Fsp3) is 0.944. The predicted octanol–water partition coefficient (Wildman–Crippen LogP) is 3.49. The van der Waals surface area contributed by atoms with Crippen LogP contribution in [0.15, 0.2) is 0 Å². The molecule has 0 aromatic rings. The Morgan fingerprint density at radius 1 is 1.24 bits per heavy atom. The largest absolute Gasteiger partial charge is 0.353 e. The molecule has 2 N–H and O–H groups in total. The van der Waals surface area contributed by atoms with Crippen LogP contribution in [0.4, 0.5) is 0 Å². The molecular weight excluding hydrogens is 260 g/mol. The molecule has 1 saturated carbocycles. The lowest BCUT2D eigenvalue weighted by Crippen LogP contribution is -2.53. The predicted molar refractivity (Wildman–Crippen MR) is 88.2 cm³/mol. The van der Waals surface area contributed by atoms with Crippen LogP contribution in [0, 0.1) is 17.3 Å². The molecule has 122 valence electrons. The monoisotopic (exact) mass is 294 g/mol. The van der Waals surface area contributed by atoms with Gasteiger partial charge in [0, 0.05) is 6.04 Å². The molecule has 2 aliphatic rings. The van der Waals surface area contributed by atoms with E-state index in [0.717, 1.165) is 38.8 Å². The highest BCUT2D eigenvalue weighted by Crippen LogP contribution is 2.36. The molecule has 21 heavy (non-hydrogen) atoms. The van der Waals surface area contributed by atoms with E-state index in [-0.39, 0.29) is 5.41 Å². The second-order valence-electron chi connectivity index (χ2n) is 7.55. The second kappa shape index (κ2) is 7.62. The normalized spacial score (nSPS) is 29.3. The molecule has 0 bridgehead atoms. The van der Waals surface area contributed by atoms with Crippen LogP contribution < -0.4 is 10.6 Å². The Hall–Kier alpha value is -0.570. The summed E-state index contributed by atoms with van der Waals surface area (Å²) in [5.74, 6) is 1.69. The lowest BCUT2D eigenvalue weighted by molar-refractivity contribution is -0.134. The Labute approximate surface area is 130 Å². The molecule has 1 aliphatic carbocycles. The molecule has 1 heterocycles. The molecule has 1 aliphatic heterocycles. The van der Waals surface area contributed by atoms with E-state index in [1.54, 1.807) is 0 Å². The first-order valence-electron chi connectivity index (χ1n) is 9.11. The fourth-order valence-electron chi connectivity index (χ4n) is 4.43. The van der Waals surface area contributed by atoms with Crippen molar-refractivity contribution in [3.8, 4) is 0 Å². The van der Waals surface area contributed by atoms with Crippen LogP contribution in [0.25, 0.3) is 0 Å². The van der Waals surface area contributed by atoms with Crippen LogP contribution in [0.1, 0.15) is 72.1 Å². The molecule has 2 atom stereocenters. The zero-order valence-electron chi connectivity index (χ0n) is 14.2. The van der Waals surface area contributed by atoms with Gasteiger partial charge in [-0.05, 0) is 57.0 Å². The van der Waals surface area contributed by atoms with Crippen molar-refractivity contribution in [3.63, 3.8) is 0 Å². The van der Waals surface area contributed by atoms with Crippen molar-refractivity contribution in [2.45, 2.75) is 78.2 Å². The summed E-state index contributed by atoms with van der Waals surface area (Å²) in [5.41, 5.74) is -0.0982. The summed E-state index contributed by atoms with van der Waals surface area (Å²) in [6, 6.07) is 0.412. The molecule has 2 unspecified atom stereocenters. The maximum atomic E-state index is 13.0. The molecule has 3 nitrogen and oxygen atoms in total. The Kier molecular flexibility index (Phi) is 6.09. The van der Waals surface area contributed by atoms with E-state index in [1.807, 2.05) is 0 Å². The van der Waals surface area contributed by atoms with Gasteiger partial charge in [0.25, 0.3) is 0 Å². The van der Waals surface area contributed by atoms with E-state index in [9.17, 15) is 4.79 Å². The van der Waals surface area contributed by atoms with E-state index in [4.69, 9.17) is 0 Å². The van der Waals surface area contributed by atoms with Gasteiger partial charge in [0.1, 0.15) is 0 Å². The van der Waals surface area contributed by atoms with Crippen molar-refractivity contribution in [1.82, 2.24) is 10.6 Å². The van der Waals surface area contributed by atoms with Gasteiger partial charge in [0.05, 0.1) is 5.41 Å². The summed E-state index contributed by atoms with van der Waals surface area (Å²) < 4.78 is 0. The summed E-state index contributed by atoms with van der Waals surface area (Å²) in [7, 11) is 0. The maximum Gasteiger partial charge on any atom is 0.226 e. The van der Waals surface area contributed by atoms with E-state index < -0.39 is 0 Å². The van der Waals surface area contributed by atoms with Gasteiger partial charge in [-0.3, -0.25) is 4.79 Å². The third-order valence-electron chi connectivity index (χ3n) is 5.76. The summed E-state index contributed by atoms with van der Waals surface area (Å²) in [5, 5.41) is 6.88. The van der Waals surface area contributed by atoms with E-state index in [2.05, 4.69) is 31.4 Å². The number of nitrogens with one attached hydrogen (secondary N) is 2. The first kappa shape index (κ1) is 16.8. The lowest BCUT2D eigenvalue weighted by atomic mass is 9.73. The van der Waals surface area contributed by atoms with E-state index >= 15 is 0 Å². The second-order valence-corrected chi connectivity index (χ2v) is 7.55. The van der Waals surface area contributed by atoms with Crippen molar-refractivity contribution < 1.29 is 4.79 Å². The third-order valence-corrected chi connectivity index (χ3v) is 5.76. The smallest absolute Gasteiger partial charge is 0.226 e. The molecule has 1 saturated heterocycles. The van der Waals surface area contributed by atoms with Gasteiger partial charge in [0.2, 0.25) is 5.91 Å². The topological polar surface area (TPSA) is 41.1 Å². The van der Waals surface area contributed by atoms with Crippen LogP contribution in [0.3, 0.4) is 0 Å². The van der Waals surface area contributed by atoms with Crippen LogP contribution in [0.5, 0.6) is 0 Å². The van der Waals surface area contributed by atoms with E-state index in [0.29, 0.717) is 23.8 Å². The molecular formula is C18H34N2O. The lowest BCUT2D eigenvalue weighted by Gasteiger charge is -2.40. The number of amides is 1. The fourth-order valence-corrected chi connectivity index (χ4v) is 4.43. The molecule has 0 aromatic carbocycles. The van der Waals surface area contributed by atoms with Gasteiger partial charge in [-0.15, -0.1) is 0 Å². The van der Waals surface area contributed by atoms with Crippen LogP contribution >= 0.6 is 0 Å². The highest BCUT2D eigenvalue weighted by atomic mass is 16.2. The molecule has 2 fully saturated rings. The number of piperidine rings is 1. The van der Waals surface area contributed by atoms with Crippen LogP contribution in [-0.4, -0.2) is 25.0 Å². The molecule has 1 amide bonds. The Morgan fingerprint density at radius 2 is 1.90 bits per heavy atom. The number of rotatable bonds is 5. The average Bonchev–Trinajstić information content (AvgIpc) is 2.49. The minimum absolute atomic E-state index is 0.0982. The summed E-state index contributed by atoms with van der Waals surface area (Å²) >= 11 is 0. The van der Waals surface area contributed by atoms with Crippen LogP contribution in [0.2, 0.25) is 0 Å². The highest BCUT2D eigenvalue weighted by molar-refractivity contribution is 5.83. The minimum atomic E-state index is -0.0982. The number of hydrogen-bond acceptors (Lipinski definition) is 2. The van der Waals surface area contributed by atoms with Crippen molar-refractivity contribution in [1.29, 1.82) is 0 Å². The summed E-state index contributed by atoms with van der Waals surface area (Å²) in [6.07, 6.45) is 9.22. The molecule has 0 radical (unpaired) electrons. The third kappa shape index (κ3) is 4.00. The minimum Gasteiger partial charge on any atom is -0.353 e. The van der Waals surface area contributed by atoms with Gasteiger partial charge in [-0.2, -0.15) is 0 Å². The van der Waals surface area contributed by atoms with Crippen molar-refractivity contribution in [2.24, 2.45) is 17.3 Å². The zero-order chi connectivity index (χ0) is 15.3. The van der Waals surface area contributed by atoms with Crippen LogP contribution in [-0.2, 0) is 4.79 Å². The maximum absolute atomic E-state index is 13.0. The van der Waals surface area contributed by atoms with Gasteiger partial charge in [-0.1, -0.05) is 40.0 Å². The van der Waals surface area contributed by atoms with Crippen molar-refractivity contribution in [3.05, 3.63) is 0 Å². The van der Waals surface area contributed by atoms with E-state index in [1.165, 1.54) is 25.7 Å². The SMILES string of the molecule is CCCC1(C(=O)NC2CCCCC2C(C)C)CCNCC1. The highest BCUT2D eigenvalue weighted by Gasteiger charge is 2.40. The molecule has 0 spiro atoms. The standard InChI is InChI=1S/C18H34N2O/c1-4-9-18(10-12-19-13-11-18)17(21)20-16-8-6-5-7-15(16)14(2)3/h14-16,19H,4-13H2,1-3H3,(H,20,21). The van der Waals surface area contributed by atoms with Gasteiger partial charge in [-0.25, -0.2) is 0 Å². The number of hydrogen-bond donors (Lipinski definition) is 2. The number of carbonyl (C=O) groups excluding carboxylic acids is 1. The van der Waals surface area contributed by atoms with Gasteiger partial charge < -0.3 is 10.6 Å². The summed E-state index contributed by atoms with van der Waals surface area (Å²) in [4.78, 5) is 13.0. The van der Waals surface area contributed by atoms with Crippen molar-refractivity contribution in [2.75, 3.05) is 13.1 Å². The molecule has 2 rings (SSSR count). The Bertz CT molecular complexity index is 329. The summed E-state index contributed by atoms with van der Waals surface area (Å²) in [6.45, 7) is 8.80. The average molecular weight is 294 g/mol. The van der Waals surface area contributed by atoms with Gasteiger partial charge >= 0.3 is 0 Å². The Morgan fingerprint density at radius 3 is 2.52 bits per heavy atom. The molecule has 0 aromatic heterocycles. The van der Waals surface area contributed by atoms with Crippen molar-refractivity contribution >= 4 is 5.91 Å². The Balaban J connectivity index is 2.03. The zero-order valence-corrected chi connectivity index (χ0v) is 14.2.